The molecule has 21 heavy (non-hydrogen) atoms. The van der Waals surface area contributed by atoms with Gasteiger partial charge < -0.3 is 10.1 Å². The van der Waals surface area contributed by atoms with Crippen molar-refractivity contribution in [3.8, 4) is 5.75 Å². The number of ether oxygens (including phenoxy) is 1. The van der Waals surface area contributed by atoms with Crippen LogP contribution in [0.5, 0.6) is 5.75 Å². The predicted molar refractivity (Wildman–Crippen MR) is 85.5 cm³/mol. The Morgan fingerprint density at radius 2 is 2.00 bits per heavy atom. The third kappa shape index (κ3) is 5.27. The van der Waals surface area contributed by atoms with E-state index in [-0.39, 0.29) is 5.82 Å². The third-order valence-electron chi connectivity index (χ3n) is 2.84. The average Bonchev–Trinajstić information content (AvgIpc) is 2.42. The summed E-state index contributed by atoms with van der Waals surface area (Å²) in [4.78, 5) is 0. The minimum Gasteiger partial charge on any atom is -0.493 e. The quantitative estimate of drug-likeness (QED) is 0.799. The van der Waals surface area contributed by atoms with Gasteiger partial charge in [0.1, 0.15) is 11.6 Å². The van der Waals surface area contributed by atoms with Crippen molar-refractivity contribution in [1.82, 2.24) is 0 Å². The Labute approximate surface area is 129 Å². The fraction of sp³-hybridized carbons (Fsp3) is 0.294. The molecule has 0 radical (unpaired) electrons. The van der Waals surface area contributed by atoms with Crippen LogP contribution in [0.2, 0.25) is 5.02 Å². The van der Waals surface area contributed by atoms with Gasteiger partial charge in [0.05, 0.1) is 6.61 Å². The molecule has 0 spiro atoms. The molecule has 0 unspecified atom stereocenters. The summed E-state index contributed by atoms with van der Waals surface area (Å²) < 4.78 is 18.9. The molecule has 0 aliphatic rings. The van der Waals surface area contributed by atoms with E-state index in [0.717, 1.165) is 17.0 Å². The van der Waals surface area contributed by atoms with E-state index in [0.29, 0.717) is 24.1 Å². The van der Waals surface area contributed by atoms with Crippen LogP contribution in [-0.2, 0) is 6.54 Å². The molecular formula is C17H19ClFNO. The Hall–Kier alpha value is -1.74. The monoisotopic (exact) mass is 307 g/mol. The second kappa shape index (κ2) is 7.32. The van der Waals surface area contributed by atoms with Crippen LogP contribution in [0.1, 0.15) is 19.4 Å². The zero-order chi connectivity index (χ0) is 15.2. The molecule has 2 aromatic carbocycles. The average molecular weight is 308 g/mol. The van der Waals surface area contributed by atoms with Crippen LogP contribution in [-0.4, -0.2) is 6.61 Å². The molecule has 2 aromatic rings. The molecule has 0 amide bonds. The summed E-state index contributed by atoms with van der Waals surface area (Å²) >= 11 is 5.84. The highest BCUT2D eigenvalue weighted by Gasteiger charge is 2.02. The Balaban J connectivity index is 1.98. The lowest BCUT2D eigenvalue weighted by Gasteiger charge is -2.11. The number of halogens is 2. The molecule has 0 atom stereocenters. The standard InChI is InChI=1S/C17H19ClFNO/c1-12(2)11-21-17-5-3-4-16(9-17)20-10-13-6-14(18)8-15(19)7-13/h3-9,12,20H,10-11H2,1-2H3. The molecule has 0 aliphatic carbocycles. The van der Waals surface area contributed by atoms with Gasteiger partial charge >= 0.3 is 0 Å². The zero-order valence-electron chi connectivity index (χ0n) is 12.2. The topological polar surface area (TPSA) is 21.3 Å². The van der Waals surface area contributed by atoms with Crippen molar-refractivity contribution < 1.29 is 9.13 Å². The Bertz CT molecular complexity index is 581. The van der Waals surface area contributed by atoms with Crippen LogP contribution < -0.4 is 10.1 Å². The highest BCUT2D eigenvalue weighted by Crippen LogP contribution is 2.20. The van der Waals surface area contributed by atoms with Gasteiger partial charge in [-0.3, -0.25) is 0 Å². The van der Waals surface area contributed by atoms with Crippen LogP contribution >= 0.6 is 11.6 Å². The fourth-order valence-electron chi connectivity index (χ4n) is 1.88. The van der Waals surface area contributed by atoms with Crippen molar-refractivity contribution in [3.05, 3.63) is 58.9 Å². The van der Waals surface area contributed by atoms with Crippen LogP contribution in [0.3, 0.4) is 0 Å². The van der Waals surface area contributed by atoms with Gasteiger partial charge in [-0.15, -0.1) is 0 Å². The Morgan fingerprint density at radius 1 is 1.19 bits per heavy atom. The maximum Gasteiger partial charge on any atom is 0.125 e. The van der Waals surface area contributed by atoms with E-state index in [1.807, 2.05) is 24.3 Å². The molecule has 0 saturated carbocycles. The van der Waals surface area contributed by atoms with Crippen LogP contribution in [0.15, 0.2) is 42.5 Å². The van der Waals surface area contributed by atoms with E-state index in [2.05, 4.69) is 19.2 Å². The highest BCUT2D eigenvalue weighted by molar-refractivity contribution is 6.30. The first kappa shape index (κ1) is 15.6. The molecule has 1 N–H and O–H groups in total. The SMILES string of the molecule is CC(C)COc1cccc(NCc2cc(F)cc(Cl)c2)c1. The van der Waals surface area contributed by atoms with Gasteiger partial charge in [0.25, 0.3) is 0 Å². The number of nitrogens with one attached hydrogen (secondary N) is 1. The van der Waals surface area contributed by atoms with Gasteiger partial charge in [-0.05, 0) is 41.8 Å². The minimum atomic E-state index is -0.326. The molecular weight excluding hydrogens is 289 g/mol. The summed E-state index contributed by atoms with van der Waals surface area (Å²) in [5.41, 5.74) is 1.73. The molecule has 0 saturated heterocycles. The first-order valence-corrected chi connectivity index (χ1v) is 7.32. The highest BCUT2D eigenvalue weighted by atomic mass is 35.5. The maximum atomic E-state index is 13.3. The van der Waals surface area contributed by atoms with E-state index in [1.165, 1.54) is 12.1 Å². The van der Waals surface area contributed by atoms with E-state index in [1.54, 1.807) is 6.07 Å². The van der Waals surface area contributed by atoms with Gasteiger partial charge in [0.2, 0.25) is 0 Å². The van der Waals surface area contributed by atoms with Gasteiger partial charge in [0.15, 0.2) is 0 Å². The van der Waals surface area contributed by atoms with E-state index < -0.39 is 0 Å². The summed E-state index contributed by atoms with van der Waals surface area (Å²) in [5.74, 6) is 0.982. The Kier molecular flexibility index (Phi) is 5.45. The largest absolute Gasteiger partial charge is 0.493 e. The van der Waals surface area contributed by atoms with Crippen LogP contribution in [0, 0.1) is 11.7 Å². The Morgan fingerprint density at radius 3 is 2.71 bits per heavy atom. The number of hydrogen-bond acceptors (Lipinski definition) is 2. The lowest BCUT2D eigenvalue weighted by atomic mass is 10.2. The smallest absolute Gasteiger partial charge is 0.125 e. The van der Waals surface area contributed by atoms with Gasteiger partial charge in [0, 0.05) is 23.3 Å². The molecule has 0 bridgehead atoms. The molecule has 0 heterocycles. The fourth-order valence-corrected chi connectivity index (χ4v) is 2.12. The zero-order valence-corrected chi connectivity index (χ0v) is 13.0. The van der Waals surface area contributed by atoms with E-state index in [9.17, 15) is 4.39 Å². The van der Waals surface area contributed by atoms with Crippen molar-refractivity contribution in [1.29, 1.82) is 0 Å². The third-order valence-corrected chi connectivity index (χ3v) is 3.05. The maximum absolute atomic E-state index is 13.3. The van der Waals surface area contributed by atoms with Gasteiger partial charge in [-0.25, -0.2) is 4.39 Å². The second-order valence-electron chi connectivity index (χ2n) is 5.36. The van der Waals surface area contributed by atoms with Crippen LogP contribution in [0.4, 0.5) is 10.1 Å². The van der Waals surface area contributed by atoms with E-state index >= 15 is 0 Å². The van der Waals surface area contributed by atoms with Crippen molar-refractivity contribution in [2.24, 2.45) is 5.92 Å². The van der Waals surface area contributed by atoms with Crippen LogP contribution in [0.25, 0.3) is 0 Å². The summed E-state index contributed by atoms with van der Waals surface area (Å²) in [7, 11) is 0. The number of anilines is 1. The summed E-state index contributed by atoms with van der Waals surface area (Å²) in [6.07, 6.45) is 0. The first-order valence-electron chi connectivity index (χ1n) is 6.94. The molecule has 0 aromatic heterocycles. The number of hydrogen-bond donors (Lipinski definition) is 1. The lowest BCUT2D eigenvalue weighted by molar-refractivity contribution is 0.271. The second-order valence-corrected chi connectivity index (χ2v) is 5.80. The first-order chi connectivity index (χ1) is 10.0. The molecule has 2 nitrogen and oxygen atoms in total. The normalized spacial score (nSPS) is 10.7. The number of benzene rings is 2. The van der Waals surface area contributed by atoms with Crippen molar-refractivity contribution in [3.63, 3.8) is 0 Å². The van der Waals surface area contributed by atoms with Crippen molar-refractivity contribution in [2.45, 2.75) is 20.4 Å². The summed E-state index contributed by atoms with van der Waals surface area (Å²) in [5, 5.41) is 3.64. The predicted octanol–water partition coefficient (Wildman–Crippen LogP) is 5.13. The molecule has 112 valence electrons. The van der Waals surface area contributed by atoms with Crippen molar-refractivity contribution in [2.75, 3.05) is 11.9 Å². The molecule has 0 fully saturated rings. The van der Waals surface area contributed by atoms with Crippen molar-refractivity contribution >= 4 is 17.3 Å². The number of rotatable bonds is 6. The van der Waals surface area contributed by atoms with Gasteiger partial charge in [-0.1, -0.05) is 31.5 Å². The summed E-state index contributed by atoms with van der Waals surface area (Å²) in [6, 6.07) is 12.2. The minimum absolute atomic E-state index is 0.326. The summed E-state index contributed by atoms with van der Waals surface area (Å²) in [6.45, 7) is 5.40. The molecule has 4 heteroatoms. The lowest BCUT2D eigenvalue weighted by Crippen LogP contribution is -2.05. The van der Waals surface area contributed by atoms with Gasteiger partial charge in [-0.2, -0.15) is 0 Å². The van der Waals surface area contributed by atoms with E-state index in [4.69, 9.17) is 16.3 Å². The molecule has 0 aliphatic heterocycles. The molecule has 2 rings (SSSR count).